The van der Waals surface area contributed by atoms with Crippen LogP contribution in [0.1, 0.15) is 33.6 Å². The van der Waals surface area contributed by atoms with Gasteiger partial charge in [0, 0.05) is 6.07 Å². The van der Waals surface area contributed by atoms with E-state index in [2.05, 4.69) is 13.9 Å². The lowest BCUT2D eigenvalue weighted by atomic mass is 10.2. The van der Waals surface area contributed by atoms with Gasteiger partial charge in [-0.15, -0.1) is 0 Å². The van der Waals surface area contributed by atoms with E-state index in [9.17, 15) is 22.8 Å². The maximum atomic E-state index is 12.6. The number of carbonyl (C=O) groups excluding carboxylic acids is 2. The monoisotopic (exact) mass is 266 g/mol. The molecule has 100 valence electrons. The highest BCUT2D eigenvalue weighted by molar-refractivity contribution is 5.95. The van der Waals surface area contributed by atoms with Gasteiger partial charge in [0.2, 0.25) is 11.5 Å². The predicted octanol–water partition coefficient (Wildman–Crippen LogP) is 2.26. The summed E-state index contributed by atoms with van der Waals surface area (Å²) in [6.45, 7) is 1.45. The van der Waals surface area contributed by atoms with Crippen LogP contribution in [0.4, 0.5) is 13.2 Å². The van der Waals surface area contributed by atoms with E-state index in [0.29, 0.717) is 6.07 Å². The normalized spacial score (nSPS) is 11.2. The van der Waals surface area contributed by atoms with Crippen molar-refractivity contribution in [2.75, 3.05) is 13.7 Å². The molecule has 5 nitrogen and oxygen atoms in total. The van der Waals surface area contributed by atoms with E-state index < -0.39 is 35.2 Å². The molecule has 8 heteroatoms. The van der Waals surface area contributed by atoms with Gasteiger partial charge < -0.3 is 13.9 Å². The molecule has 0 radical (unpaired) electrons. The number of carbonyl (C=O) groups is 2. The fourth-order valence-corrected chi connectivity index (χ4v) is 1.17. The molecule has 0 bridgehead atoms. The van der Waals surface area contributed by atoms with Crippen LogP contribution in [0.25, 0.3) is 0 Å². The number of methoxy groups -OCH3 is 1. The summed E-state index contributed by atoms with van der Waals surface area (Å²) >= 11 is 0. The fourth-order valence-electron chi connectivity index (χ4n) is 1.17. The Morgan fingerprint density at radius 3 is 2.39 bits per heavy atom. The molecule has 0 N–H and O–H groups in total. The second-order valence-electron chi connectivity index (χ2n) is 3.06. The molecule has 0 spiro atoms. The molecule has 0 atom stereocenters. The molecule has 1 rings (SSSR count). The van der Waals surface area contributed by atoms with E-state index >= 15 is 0 Å². The summed E-state index contributed by atoms with van der Waals surface area (Å²) < 4.78 is 50.6. The zero-order chi connectivity index (χ0) is 13.9. The molecule has 0 aromatic carbocycles. The second-order valence-corrected chi connectivity index (χ2v) is 3.06. The summed E-state index contributed by atoms with van der Waals surface area (Å²) in [5.74, 6) is -4.62. The molecule has 1 aromatic rings. The molecule has 0 saturated carbocycles. The van der Waals surface area contributed by atoms with Gasteiger partial charge in [-0.2, -0.15) is 13.2 Å². The molecule has 0 fully saturated rings. The molecular weight excluding hydrogens is 257 g/mol. The van der Waals surface area contributed by atoms with E-state index in [-0.39, 0.29) is 6.61 Å². The maximum Gasteiger partial charge on any atom is 0.450 e. The third-order valence-electron chi connectivity index (χ3n) is 1.87. The summed E-state index contributed by atoms with van der Waals surface area (Å²) in [6, 6.07) is 0.645. The summed E-state index contributed by atoms with van der Waals surface area (Å²) in [5, 5.41) is 0. The average molecular weight is 266 g/mol. The van der Waals surface area contributed by atoms with Gasteiger partial charge in [0.15, 0.2) is 0 Å². The fraction of sp³-hybridized carbons (Fsp3) is 0.400. The predicted molar refractivity (Wildman–Crippen MR) is 51.0 cm³/mol. The van der Waals surface area contributed by atoms with Crippen LogP contribution in [0.5, 0.6) is 0 Å². The van der Waals surface area contributed by atoms with Crippen LogP contribution in [0.15, 0.2) is 10.5 Å². The minimum Gasteiger partial charge on any atom is -0.465 e. The van der Waals surface area contributed by atoms with Gasteiger partial charge in [0.25, 0.3) is 0 Å². The lowest BCUT2D eigenvalue weighted by Gasteiger charge is -2.04. The number of halogens is 3. The van der Waals surface area contributed by atoms with Crippen molar-refractivity contribution in [1.29, 1.82) is 0 Å². The Morgan fingerprint density at radius 2 is 1.94 bits per heavy atom. The zero-order valence-electron chi connectivity index (χ0n) is 9.46. The number of hydrogen-bond donors (Lipinski definition) is 0. The Kier molecular flexibility index (Phi) is 4.00. The third-order valence-corrected chi connectivity index (χ3v) is 1.87. The van der Waals surface area contributed by atoms with Gasteiger partial charge >= 0.3 is 18.1 Å². The second kappa shape index (κ2) is 5.11. The summed E-state index contributed by atoms with van der Waals surface area (Å²) in [7, 11) is 0.916. The van der Waals surface area contributed by atoms with Crippen molar-refractivity contribution in [3.63, 3.8) is 0 Å². The molecule has 0 unspecified atom stereocenters. The molecule has 0 saturated heterocycles. The number of ether oxygens (including phenoxy) is 2. The van der Waals surface area contributed by atoms with Gasteiger partial charge in [0.1, 0.15) is 5.56 Å². The van der Waals surface area contributed by atoms with Crippen molar-refractivity contribution in [2.24, 2.45) is 0 Å². The van der Waals surface area contributed by atoms with Crippen LogP contribution in [0.3, 0.4) is 0 Å². The highest BCUT2D eigenvalue weighted by atomic mass is 19.4. The molecule has 0 aliphatic rings. The van der Waals surface area contributed by atoms with Crippen LogP contribution >= 0.6 is 0 Å². The quantitative estimate of drug-likeness (QED) is 0.785. The first-order chi connectivity index (χ1) is 8.31. The van der Waals surface area contributed by atoms with Crippen LogP contribution < -0.4 is 0 Å². The van der Waals surface area contributed by atoms with Crippen molar-refractivity contribution in [2.45, 2.75) is 13.1 Å². The van der Waals surface area contributed by atoms with Crippen molar-refractivity contribution in [3.8, 4) is 0 Å². The number of alkyl halides is 3. The van der Waals surface area contributed by atoms with Crippen LogP contribution in [-0.4, -0.2) is 25.7 Å². The number of esters is 2. The Balaban J connectivity index is 3.24. The Bertz CT molecular complexity index is 461. The van der Waals surface area contributed by atoms with E-state index in [4.69, 9.17) is 0 Å². The van der Waals surface area contributed by atoms with Crippen LogP contribution in [-0.2, 0) is 15.7 Å². The smallest absolute Gasteiger partial charge is 0.450 e. The Hall–Kier alpha value is -1.99. The number of furan rings is 1. The first-order valence-electron chi connectivity index (χ1n) is 4.77. The first kappa shape index (κ1) is 14.1. The molecular formula is C10H9F3O5. The lowest BCUT2D eigenvalue weighted by Crippen LogP contribution is -2.11. The number of rotatable bonds is 3. The standard InChI is InChI=1S/C10H9F3O5/c1-3-17-9(15)6-4-5(8(14)16-2)7(18-6)10(11,12)13/h4H,3H2,1-2H3. The Morgan fingerprint density at radius 1 is 1.33 bits per heavy atom. The minimum absolute atomic E-state index is 0.0333. The highest BCUT2D eigenvalue weighted by Gasteiger charge is 2.41. The van der Waals surface area contributed by atoms with Gasteiger partial charge in [-0.25, -0.2) is 9.59 Å². The topological polar surface area (TPSA) is 65.7 Å². The van der Waals surface area contributed by atoms with Crippen molar-refractivity contribution in [1.82, 2.24) is 0 Å². The summed E-state index contributed by atoms with van der Waals surface area (Å²) in [5.41, 5.74) is -0.868. The molecule has 18 heavy (non-hydrogen) atoms. The summed E-state index contributed by atoms with van der Waals surface area (Å²) in [4.78, 5) is 22.4. The van der Waals surface area contributed by atoms with Crippen LogP contribution in [0.2, 0.25) is 0 Å². The van der Waals surface area contributed by atoms with E-state index in [1.165, 1.54) is 6.92 Å². The lowest BCUT2D eigenvalue weighted by molar-refractivity contribution is -0.153. The van der Waals surface area contributed by atoms with Crippen LogP contribution in [0, 0.1) is 0 Å². The molecule has 0 aliphatic heterocycles. The van der Waals surface area contributed by atoms with Gasteiger partial charge in [0.05, 0.1) is 13.7 Å². The van der Waals surface area contributed by atoms with Crippen molar-refractivity contribution >= 4 is 11.9 Å². The maximum absolute atomic E-state index is 12.6. The largest absolute Gasteiger partial charge is 0.465 e. The van der Waals surface area contributed by atoms with Crippen molar-refractivity contribution < 1.29 is 36.7 Å². The molecule has 1 heterocycles. The Labute approximate surface area is 99.5 Å². The molecule has 0 aliphatic carbocycles. The van der Waals surface area contributed by atoms with Gasteiger partial charge in [-0.3, -0.25) is 0 Å². The zero-order valence-corrected chi connectivity index (χ0v) is 9.46. The third kappa shape index (κ3) is 2.82. The minimum atomic E-state index is -4.91. The van der Waals surface area contributed by atoms with Gasteiger partial charge in [-0.1, -0.05) is 0 Å². The van der Waals surface area contributed by atoms with E-state index in [1.54, 1.807) is 0 Å². The summed E-state index contributed by atoms with van der Waals surface area (Å²) in [6.07, 6.45) is -4.91. The highest BCUT2D eigenvalue weighted by Crippen LogP contribution is 2.34. The molecule has 0 amide bonds. The SMILES string of the molecule is CCOC(=O)c1cc(C(=O)OC)c(C(F)(F)F)o1. The van der Waals surface area contributed by atoms with E-state index in [0.717, 1.165) is 7.11 Å². The molecule has 1 aromatic heterocycles. The number of hydrogen-bond acceptors (Lipinski definition) is 5. The van der Waals surface area contributed by atoms with Gasteiger partial charge in [-0.05, 0) is 6.92 Å². The van der Waals surface area contributed by atoms with Crippen molar-refractivity contribution in [3.05, 3.63) is 23.2 Å². The van der Waals surface area contributed by atoms with E-state index in [1.807, 2.05) is 0 Å². The average Bonchev–Trinajstić information content (AvgIpc) is 2.72. The first-order valence-corrected chi connectivity index (χ1v) is 4.77.